The summed E-state index contributed by atoms with van der Waals surface area (Å²) < 4.78 is 40.2. The molecular formula is C22H18ClF3N4O3. The number of carbonyl (C=O) groups is 1. The van der Waals surface area contributed by atoms with E-state index >= 15 is 0 Å². The van der Waals surface area contributed by atoms with E-state index in [1.807, 2.05) is 0 Å². The van der Waals surface area contributed by atoms with Crippen LogP contribution in [0.3, 0.4) is 0 Å². The molecule has 1 amide bonds. The van der Waals surface area contributed by atoms with E-state index in [0.29, 0.717) is 5.02 Å². The summed E-state index contributed by atoms with van der Waals surface area (Å²) in [6.07, 6.45) is -2.96. The molecule has 1 aliphatic carbocycles. The van der Waals surface area contributed by atoms with Gasteiger partial charge in [-0.25, -0.2) is 4.79 Å². The van der Waals surface area contributed by atoms with Crippen molar-refractivity contribution < 1.29 is 18.0 Å². The molecule has 7 nitrogen and oxygen atoms in total. The van der Waals surface area contributed by atoms with E-state index < -0.39 is 34.6 Å². The van der Waals surface area contributed by atoms with Crippen LogP contribution in [0.1, 0.15) is 40.0 Å². The molecule has 1 aliphatic rings. The van der Waals surface area contributed by atoms with Crippen LogP contribution in [0.25, 0.3) is 5.69 Å². The molecule has 1 aromatic heterocycles. The third-order valence-corrected chi connectivity index (χ3v) is 5.62. The molecule has 1 fully saturated rings. The maximum absolute atomic E-state index is 13.1. The molecule has 0 aliphatic heterocycles. The number of benzene rings is 2. The molecule has 0 atom stereocenters. The second-order valence-electron chi connectivity index (χ2n) is 7.81. The minimum Gasteiger partial charge on any atom is -0.348 e. The van der Waals surface area contributed by atoms with Gasteiger partial charge in [-0.3, -0.25) is 14.2 Å². The monoisotopic (exact) mass is 478 g/mol. The number of alkyl halides is 3. The molecule has 33 heavy (non-hydrogen) atoms. The summed E-state index contributed by atoms with van der Waals surface area (Å²) in [5, 5.41) is 7.01. The van der Waals surface area contributed by atoms with E-state index in [-0.39, 0.29) is 23.8 Å². The summed E-state index contributed by atoms with van der Waals surface area (Å²) in [7, 11) is 0. The molecule has 4 rings (SSSR count). The molecule has 1 saturated carbocycles. The standard InChI is InChI=1S/C22H18ClF3N4O3/c1-12-2-9-16(10-17(12)23)30-21(33)29(11-13-3-5-14(6-4-13)22(24,25)26)20(32)18(28-30)19(31)27-15-7-8-15/h2-6,9-10,15H,7-8,11H2,1H3,(H,27,31). The summed E-state index contributed by atoms with van der Waals surface area (Å²) in [6, 6.07) is 8.70. The van der Waals surface area contributed by atoms with E-state index in [4.69, 9.17) is 11.6 Å². The highest BCUT2D eigenvalue weighted by atomic mass is 35.5. The van der Waals surface area contributed by atoms with Crippen molar-refractivity contribution in [3.05, 3.63) is 90.7 Å². The molecule has 3 aromatic rings. The number of rotatable bonds is 5. The van der Waals surface area contributed by atoms with Crippen LogP contribution in [0.2, 0.25) is 5.02 Å². The van der Waals surface area contributed by atoms with E-state index in [2.05, 4.69) is 10.4 Å². The van der Waals surface area contributed by atoms with Crippen LogP contribution in [0.15, 0.2) is 52.1 Å². The lowest BCUT2D eigenvalue weighted by Gasteiger charge is -2.13. The first-order valence-electron chi connectivity index (χ1n) is 10.0. The van der Waals surface area contributed by atoms with Gasteiger partial charge in [-0.1, -0.05) is 29.8 Å². The number of halogens is 4. The lowest BCUT2D eigenvalue weighted by atomic mass is 10.1. The zero-order valence-electron chi connectivity index (χ0n) is 17.3. The fourth-order valence-corrected chi connectivity index (χ4v) is 3.32. The van der Waals surface area contributed by atoms with E-state index in [9.17, 15) is 27.6 Å². The average Bonchev–Trinajstić information content (AvgIpc) is 3.57. The minimum atomic E-state index is -4.52. The largest absolute Gasteiger partial charge is 0.416 e. The molecule has 172 valence electrons. The number of nitrogens with zero attached hydrogens (tertiary/aromatic N) is 3. The fraction of sp³-hybridized carbons (Fsp3) is 0.273. The third-order valence-electron chi connectivity index (χ3n) is 5.21. The van der Waals surface area contributed by atoms with E-state index in [1.165, 1.54) is 18.2 Å². The summed E-state index contributed by atoms with van der Waals surface area (Å²) in [5.74, 6) is -0.726. The Bertz CT molecular complexity index is 1340. The molecule has 2 aromatic carbocycles. The maximum atomic E-state index is 13.1. The molecule has 0 unspecified atom stereocenters. The predicted octanol–water partition coefficient (Wildman–Crippen LogP) is 3.32. The first-order valence-corrected chi connectivity index (χ1v) is 10.4. The van der Waals surface area contributed by atoms with Crippen molar-refractivity contribution in [2.45, 2.75) is 38.5 Å². The van der Waals surface area contributed by atoms with Crippen LogP contribution < -0.4 is 16.6 Å². The van der Waals surface area contributed by atoms with Crippen LogP contribution in [-0.4, -0.2) is 26.3 Å². The van der Waals surface area contributed by atoms with Gasteiger partial charge >= 0.3 is 11.9 Å². The zero-order valence-corrected chi connectivity index (χ0v) is 18.1. The molecule has 1 N–H and O–H groups in total. The summed E-state index contributed by atoms with van der Waals surface area (Å²) in [4.78, 5) is 38.8. The lowest BCUT2D eigenvalue weighted by molar-refractivity contribution is -0.137. The highest BCUT2D eigenvalue weighted by Gasteiger charge is 2.30. The minimum absolute atomic E-state index is 0.0590. The number of hydrogen-bond donors (Lipinski definition) is 1. The third kappa shape index (κ3) is 4.85. The Hall–Kier alpha value is -3.40. The topological polar surface area (TPSA) is 86.0 Å². The van der Waals surface area contributed by atoms with Crippen molar-refractivity contribution in [1.82, 2.24) is 19.7 Å². The maximum Gasteiger partial charge on any atom is 0.416 e. The van der Waals surface area contributed by atoms with Gasteiger partial charge in [0.25, 0.3) is 11.5 Å². The molecule has 0 saturated heterocycles. The first kappa shape index (κ1) is 22.8. The Morgan fingerprint density at radius 1 is 1.15 bits per heavy atom. The SMILES string of the molecule is Cc1ccc(-n2nc(C(=O)NC3CC3)c(=O)n(Cc3ccc(C(F)(F)F)cc3)c2=O)cc1Cl. The number of amides is 1. The number of aryl methyl sites for hydroxylation is 1. The van der Waals surface area contributed by atoms with Crippen LogP contribution >= 0.6 is 11.6 Å². The molecule has 0 bridgehead atoms. The van der Waals surface area contributed by atoms with Gasteiger partial charge in [-0.05, 0) is 55.2 Å². The number of aromatic nitrogens is 3. The normalized spacial score (nSPS) is 13.7. The number of carbonyl (C=O) groups excluding carboxylic acids is 1. The van der Waals surface area contributed by atoms with Crippen molar-refractivity contribution in [3.63, 3.8) is 0 Å². The Morgan fingerprint density at radius 2 is 1.82 bits per heavy atom. The van der Waals surface area contributed by atoms with Crippen molar-refractivity contribution in [2.24, 2.45) is 0 Å². The van der Waals surface area contributed by atoms with Gasteiger partial charge in [0.05, 0.1) is 17.8 Å². The van der Waals surface area contributed by atoms with Crippen molar-refractivity contribution in [2.75, 3.05) is 0 Å². The van der Waals surface area contributed by atoms with Crippen molar-refractivity contribution in [3.8, 4) is 5.69 Å². The van der Waals surface area contributed by atoms with Gasteiger partial charge in [-0.2, -0.15) is 23.0 Å². The van der Waals surface area contributed by atoms with Gasteiger partial charge in [0, 0.05) is 11.1 Å². The van der Waals surface area contributed by atoms with Crippen LogP contribution in [0.4, 0.5) is 13.2 Å². The molecular weight excluding hydrogens is 461 g/mol. The summed E-state index contributed by atoms with van der Waals surface area (Å²) in [5.41, 5.74) is -1.89. The van der Waals surface area contributed by atoms with Crippen molar-refractivity contribution in [1.29, 1.82) is 0 Å². The Balaban J connectivity index is 1.82. The Morgan fingerprint density at radius 3 is 2.39 bits per heavy atom. The van der Waals surface area contributed by atoms with Gasteiger partial charge in [0.2, 0.25) is 5.69 Å². The first-order chi connectivity index (χ1) is 15.5. The summed E-state index contributed by atoms with van der Waals surface area (Å²) in [6.45, 7) is 1.42. The molecule has 11 heteroatoms. The number of nitrogens with one attached hydrogen (secondary N) is 1. The van der Waals surface area contributed by atoms with E-state index in [0.717, 1.165) is 39.8 Å². The number of hydrogen-bond acceptors (Lipinski definition) is 4. The quantitative estimate of drug-likeness (QED) is 0.609. The second-order valence-corrected chi connectivity index (χ2v) is 8.22. The summed E-state index contributed by atoms with van der Waals surface area (Å²) >= 11 is 6.17. The lowest BCUT2D eigenvalue weighted by Crippen LogP contribution is -2.46. The average molecular weight is 479 g/mol. The second kappa shape index (κ2) is 8.51. The molecule has 0 radical (unpaired) electrons. The van der Waals surface area contributed by atoms with Gasteiger partial charge in [-0.15, -0.1) is 0 Å². The fourth-order valence-electron chi connectivity index (χ4n) is 3.14. The smallest absolute Gasteiger partial charge is 0.348 e. The highest BCUT2D eigenvalue weighted by molar-refractivity contribution is 6.31. The molecule has 1 heterocycles. The Kier molecular flexibility index (Phi) is 5.87. The van der Waals surface area contributed by atoms with Crippen molar-refractivity contribution >= 4 is 17.5 Å². The van der Waals surface area contributed by atoms with Gasteiger partial charge < -0.3 is 5.32 Å². The van der Waals surface area contributed by atoms with Crippen LogP contribution in [-0.2, 0) is 12.7 Å². The zero-order chi connectivity index (χ0) is 23.9. The highest BCUT2D eigenvalue weighted by Crippen LogP contribution is 2.29. The van der Waals surface area contributed by atoms with Crippen LogP contribution in [0, 0.1) is 6.92 Å². The Labute approximate surface area is 190 Å². The predicted molar refractivity (Wildman–Crippen MR) is 115 cm³/mol. The van der Waals surface area contributed by atoms with Gasteiger partial charge in [0.15, 0.2) is 0 Å². The van der Waals surface area contributed by atoms with Gasteiger partial charge in [0.1, 0.15) is 0 Å². The van der Waals surface area contributed by atoms with Crippen LogP contribution in [0.5, 0.6) is 0 Å². The van der Waals surface area contributed by atoms with E-state index in [1.54, 1.807) is 19.1 Å². The molecule has 0 spiro atoms.